The maximum Gasteiger partial charge on any atom is 0.275 e. The zero-order valence-electron chi connectivity index (χ0n) is 15.1. The topological polar surface area (TPSA) is 77.2 Å². The van der Waals surface area contributed by atoms with E-state index in [9.17, 15) is 4.79 Å². The minimum atomic E-state index is -0.285. The number of furan rings is 1. The zero-order chi connectivity index (χ0) is 19.3. The van der Waals surface area contributed by atoms with Gasteiger partial charge in [-0.05, 0) is 43.3 Å². The van der Waals surface area contributed by atoms with Crippen molar-refractivity contribution in [2.75, 3.05) is 5.32 Å². The first-order valence-corrected chi connectivity index (χ1v) is 9.52. The lowest BCUT2D eigenvalue weighted by atomic mass is 10.3. The number of nitrogens with one attached hydrogen (secondary N) is 1. The molecule has 0 fully saturated rings. The van der Waals surface area contributed by atoms with Gasteiger partial charge in [0, 0.05) is 23.3 Å². The Morgan fingerprint density at radius 1 is 1.18 bits per heavy atom. The van der Waals surface area contributed by atoms with Crippen LogP contribution in [0.15, 0.2) is 70.6 Å². The van der Waals surface area contributed by atoms with Crippen LogP contribution in [0.5, 0.6) is 5.75 Å². The molecule has 1 aromatic carbocycles. The van der Waals surface area contributed by atoms with Crippen molar-refractivity contribution in [2.24, 2.45) is 0 Å². The summed E-state index contributed by atoms with van der Waals surface area (Å²) in [5.41, 5.74) is 1.81. The van der Waals surface area contributed by atoms with E-state index in [4.69, 9.17) is 9.15 Å². The van der Waals surface area contributed by atoms with Crippen LogP contribution in [-0.4, -0.2) is 15.9 Å². The van der Waals surface area contributed by atoms with E-state index < -0.39 is 0 Å². The second-order valence-corrected chi connectivity index (χ2v) is 6.90. The van der Waals surface area contributed by atoms with Gasteiger partial charge in [-0.15, -0.1) is 11.3 Å². The predicted molar refractivity (Wildman–Crippen MR) is 108 cm³/mol. The molecule has 0 saturated carbocycles. The lowest BCUT2D eigenvalue weighted by molar-refractivity contribution is 0.102. The Labute approximate surface area is 165 Å². The van der Waals surface area contributed by atoms with Gasteiger partial charge in [0.15, 0.2) is 10.8 Å². The van der Waals surface area contributed by atoms with Crippen molar-refractivity contribution >= 4 is 22.9 Å². The number of ether oxygens (including phenoxy) is 1. The second kappa shape index (κ2) is 8.06. The highest BCUT2D eigenvalue weighted by molar-refractivity contribution is 7.13. The molecule has 7 heteroatoms. The summed E-state index contributed by atoms with van der Waals surface area (Å²) >= 11 is 1.37. The van der Waals surface area contributed by atoms with Crippen LogP contribution in [-0.2, 0) is 6.61 Å². The summed E-state index contributed by atoms with van der Waals surface area (Å²) in [6.45, 7) is 2.23. The minimum absolute atomic E-state index is 0.285. The number of anilines is 1. The molecule has 4 rings (SSSR count). The van der Waals surface area contributed by atoms with E-state index in [0.717, 1.165) is 11.5 Å². The SMILES string of the molecule is Cc1ccc(-c2nc(C(=O)Nc3cccc(OCc4ccccn4)c3)cs2)o1. The number of nitrogens with zero attached hydrogens (tertiary/aromatic N) is 2. The Hall–Kier alpha value is -3.45. The summed E-state index contributed by atoms with van der Waals surface area (Å²) in [5.74, 6) is 1.83. The number of pyridine rings is 1. The van der Waals surface area contributed by atoms with Gasteiger partial charge in [0.1, 0.15) is 23.8 Å². The van der Waals surface area contributed by atoms with Crippen molar-refractivity contribution in [2.45, 2.75) is 13.5 Å². The van der Waals surface area contributed by atoms with Crippen LogP contribution in [0, 0.1) is 6.92 Å². The van der Waals surface area contributed by atoms with Gasteiger partial charge in [0.25, 0.3) is 5.91 Å². The molecule has 6 nitrogen and oxygen atoms in total. The van der Waals surface area contributed by atoms with Crippen LogP contribution in [0.1, 0.15) is 21.9 Å². The average Bonchev–Trinajstić information content (AvgIpc) is 3.37. The van der Waals surface area contributed by atoms with Crippen LogP contribution in [0.4, 0.5) is 5.69 Å². The van der Waals surface area contributed by atoms with Gasteiger partial charge >= 0.3 is 0 Å². The monoisotopic (exact) mass is 391 g/mol. The highest BCUT2D eigenvalue weighted by Crippen LogP contribution is 2.26. The van der Waals surface area contributed by atoms with Gasteiger partial charge < -0.3 is 14.5 Å². The number of hydrogen-bond acceptors (Lipinski definition) is 6. The van der Waals surface area contributed by atoms with E-state index in [0.29, 0.717) is 34.5 Å². The predicted octanol–water partition coefficient (Wildman–Crippen LogP) is 4.94. The number of aryl methyl sites for hydroxylation is 1. The summed E-state index contributed by atoms with van der Waals surface area (Å²) < 4.78 is 11.3. The van der Waals surface area contributed by atoms with Crippen molar-refractivity contribution in [3.63, 3.8) is 0 Å². The first-order chi connectivity index (χ1) is 13.7. The fraction of sp³-hybridized carbons (Fsp3) is 0.0952. The van der Waals surface area contributed by atoms with Crippen molar-refractivity contribution in [3.05, 3.63) is 83.3 Å². The smallest absolute Gasteiger partial charge is 0.275 e. The zero-order valence-corrected chi connectivity index (χ0v) is 15.9. The number of thiazole rings is 1. The van der Waals surface area contributed by atoms with Crippen molar-refractivity contribution in [3.8, 4) is 16.5 Å². The van der Waals surface area contributed by atoms with Crippen LogP contribution < -0.4 is 10.1 Å². The highest BCUT2D eigenvalue weighted by atomic mass is 32.1. The minimum Gasteiger partial charge on any atom is -0.487 e. The number of rotatable bonds is 6. The maximum absolute atomic E-state index is 12.5. The molecule has 1 N–H and O–H groups in total. The van der Waals surface area contributed by atoms with Gasteiger partial charge in [-0.1, -0.05) is 12.1 Å². The molecule has 0 aliphatic rings. The molecule has 1 amide bonds. The number of benzene rings is 1. The molecule has 140 valence electrons. The third-order valence-electron chi connectivity index (χ3n) is 3.89. The molecule has 0 bridgehead atoms. The van der Waals surface area contributed by atoms with E-state index in [2.05, 4.69) is 15.3 Å². The van der Waals surface area contributed by atoms with E-state index >= 15 is 0 Å². The van der Waals surface area contributed by atoms with Crippen LogP contribution in [0.3, 0.4) is 0 Å². The molecule has 3 heterocycles. The van der Waals surface area contributed by atoms with Crippen LogP contribution in [0.2, 0.25) is 0 Å². The van der Waals surface area contributed by atoms with E-state index in [1.165, 1.54) is 11.3 Å². The van der Waals surface area contributed by atoms with Crippen molar-refractivity contribution in [1.29, 1.82) is 0 Å². The quantitative estimate of drug-likeness (QED) is 0.504. The van der Waals surface area contributed by atoms with Gasteiger partial charge in [-0.3, -0.25) is 9.78 Å². The number of carbonyl (C=O) groups is 1. The lowest BCUT2D eigenvalue weighted by Gasteiger charge is -2.08. The molecule has 0 aliphatic heterocycles. The van der Waals surface area contributed by atoms with Crippen LogP contribution in [0.25, 0.3) is 10.8 Å². The fourth-order valence-corrected chi connectivity index (χ4v) is 3.30. The second-order valence-electron chi connectivity index (χ2n) is 6.04. The normalized spacial score (nSPS) is 10.6. The Morgan fingerprint density at radius 3 is 2.89 bits per heavy atom. The fourth-order valence-electron chi connectivity index (χ4n) is 2.54. The largest absolute Gasteiger partial charge is 0.487 e. The number of amides is 1. The molecule has 0 unspecified atom stereocenters. The van der Waals surface area contributed by atoms with E-state index in [1.807, 2.05) is 49.4 Å². The van der Waals surface area contributed by atoms with E-state index in [1.54, 1.807) is 23.7 Å². The van der Waals surface area contributed by atoms with E-state index in [-0.39, 0.29) is 5.91 Å². The Bertz CT molecular complexity index is 1090. The number of aromatic nitrogens is 2. The molecule has 3 aromatic heterocycles. The standard InChI is InChI=1S/C21H17N3O3S/c1-14-8-9-19(27-14)21-24-18(13-28-21)20(25)23-15-6-4-7-17(11-15)26-12-16-5-2-3-10-22-16/h2-11,13H,12H2,1H3,(H,23,25). The van der Waals surface area contributed by atoms with Gasteiger partial charge in [-0.25, -0.2) is 4.98 Å². The van der Waals surface area contributed by atoms with Crippen molar-refractivity contribution < 1.29 is 13.9 Å². The summed E-state index contributed by atoms with van der Waals surface area (Å²) in [5, 5.41) is 5.23. The molecule has 0 aliphatic carbocycles. The maximum atomic E-state index is 12.5. The Balaban J connectivity index is 1.41. The summed E-state index contributed by atoms with van der Waals surface area (Å²) in [6.07, 6.45) is 1.72. The average molecular weight is 391 g/mol. The Morgan fingerprint density at radius 2 is 2.11 bits per heavy atom. The summed E-state index contributed by atoms with van der Waals surface area (Å²) in [6, 6.07) is 16.6. The van der Waals surface area contributed by atoms with Gasteiger partial charge in [-0.2, -0.15) is 0 Å². The molecule has 0 atom stereocenters. The van der Waals surface area contributed by atoms with Gasteiger partial charge in [0.05, 0.1) is 5.69 Å². The molecule has 0 radical (unpaired) electrons. The third kappa shape index (κ3) is 4.27. The molecular weight excluding hydrogens is 374 g/mol. The van der Waals surface area contributed by atoms with Gasteiger partial charge in [0.2, 0.25) is 0 Å². The first-order valence-electron chi connectivity index (χ1n) is 8.64. The summed E-state index contributed by atoms with van der Waals surface area (Å²) in [4.78, 5) is 21.1. The molecular formula is C21H17N3O3S. The first kappa shape index (κ1) is 17.9. The molecule has 0 saturated heterocycles. The number of carbonyl (C=O) groups excluding carboxylic acids is 1. The Kier molecular flexibility index (Phi) is 5.16. The van der Waals surface area contributed by atoms with Crippen LogP contribution >= 0.6 is 11.3 Å². The molecule has 4 aromatic rings. The molecule has 0 spiro atoms. The highest BCUT2D eigenvalue weighted by Gasteiger charge is 2.14. The summed E-state index contributed by atoms with van der Waals surface area (Å²) in [7, 11) is 0. The van der Waals surface area contributed by atoms with Crippen molar-refractivity contribution in [1.82, 2.24) is 9.97 Å². The third-order valence-corrected chi connectivity index (χ3v) is 4.75. The number of hydrogen-bond donors (Lipinski definition) is 1. The molecule has 28 heavy (non-hydrogen) atoms. The lowest BCUT2D eigenvalue weighted by Crippen LogP contribution is -2.12.